The smallest absolute Gasteiger partial charge is 0.116 e. The highest BCUT2D eigenvalue weighted by atomic mass is 79.9. The van der Waals surface area contributed by atoms with Crippen LogP contribution in [-0.4, -0.2) is 4.21 Å². The van der Waals surface area contributed by atoms with Gasteiger partial charge in [-0.2, -0.15) is 4.36 Å². The largest absolute Gasteiger partial charge is 0.239 e. The summed E-state index contributed by atoms with van der Waals surface area (Å²) < 4.78 is 19.1. The standard InChI is InChI=1S/C20H14BrNOS/c21-20-19(15-9-3-1-4-10-15)17-13-7-8-14-18(17)22-24(20,23)16-11-5-2-6-12-16/h1-14H. The molecule has 24 heavy (non-hydrogen) atoms. The fraction of sp³-hybridized carbons (Fsp3) is 0. The minimum atomic E-state index is -2.74. The zero-order valence-corrected chi connectivity index (χ0v) is 15.1. The van der Waals surface area contributed by atoms with Crippen molar-refractivity contribution >= 4 is 36.9 Å². The van der Waals surface area contributed by atoms with Crippen molar-refractivity contribution in [1.82, 2.24) is 0 Å². The van der Waals surface area contributed by atoms with Crippen molar-refractivity contribution in [2.45, 2.75) is 4.90 Å². The first-order valence-corrected chi connectivity index (χ1v) is 9.88. The second kappa shape index (κ2) is 6.04. The van der Waals surface area contributed by atoms with Gasteiger partial charge < -0.3 is 0 Å². The van der Waals surface area contributed by atoms with Crippen molar-refractivity contribution in [3.8, 4) is 0 Å². The van der Waals surface area contributed by atoms with Crippen LogP contribution in [0.4, 0.5) is 5.69 Å². The Morgan fingerprint density at radius 3 is 2.04 bits per heavy atom. The van der Waals surface area contributed by atoms with Crippen LogP contribution < -0.4 is 0 Å². The van der Waals surface area contributed by atoms with Gasteiger partial charge in [0.05, 0.1) is 10.6 Å². The Labute approximate surface area is 150 Å². The lowest BCUT2D eigenvalue weighted by Crippen LogP contribution is -2.08. The number of halogens is 1. The van der Waals surface area contributed by atoms with Gasteiger partial charge in [-0.05, 0) is 39.7 Å². The van der Waals surface area contributed by atoms with Crippen molar-refractivity contribution in [2.75, 3.05) is 0 Å². The van der Waals surface area contributed by atoms with Gasteiger partial charge in [-0.3, -0.25) is 0 Å². The Balaban J connectivity index is 2.10. The second-order valence-electron chi connectivity index (χ2n) is 5.46. The van der Waals surface area contributed by atoms with Crippen LogP contribution in [0.3, 0.4) is 0 Å². The molecular weight excluding hydrogens is 382 g/mol. The van der Waals surface area contributed by atoms with Crippen LogP contribution in [0, 0.1) is 0 Å². The van der Waals surface area contributed by atoms with Crippen LogP contribution in [-0.2, 0) is 9.73 Å². The molecule has 0 fully saturated rings. The molecule has 1 unspecified atom stereocenters. The summed E-state index contributed by atoms with van der Waals surface area (Å²) in [6.45, 7) is 0. The molecule has 4 rings (SSSR count). The predicted octanol–water partition coefficient (Wildman–Crippen LogP) is 5.97. The lowest BCUT2D eigenvalue weighted by Gasteiger charge is -2.22. The average molecular weight is 396 g/mol. The van der Waals surface area contributed by atoms with Gasteiger partial charge >= 0.3 is 0 Å². The maximum Gasteiger partial charge on any atom is 0.116 e. The lowest BCUT2D eigenvalue weighted by atomic mass is 9.98. The van der Waals surface area contributed by atoms with Crippen LogP contribution in [0.25, 0.3) is 5.57 Å². The fourth-order valence-electron chi connectivity index (χ4n) is 2.82. The van der Waals surface area contributed by atoms with Crippen LogP contribution in [0.2, 0.25) is 0 Å². The summed E-state index contributed by atoms with van der Waals surface area (Å²) >= 11 is 3.63. The minimum Gasteiger partial charge on any atom is -0.239 e. The number of hydrogen-bond acceptors (Lipinski definition) is 2. The van der Waals surface area contributed by atoms with E-state index in [1.807, 2.05) is 84.9 Å². The molecular formula is C20H14BrNOS. The number of nitrogens with zero attached hydrogens (tertiary/aromatic N) is 1. The Hall–Kier alpha value is -2.17. The Morgan fingerprint density at radius 1 is 0.750 bits per heavy atom. The first kappa shape index (κ1) is 15.4. The molecule has 3 aromatic rings. The van der Waals surface area contributed by atoms with E-state index in [4.69, 9.17) is 0 Å². The number of rotatable bonds is 2. The molecule has 1 aliphatic heterocycles. The summed E-state index contributed by atoms with van der Waals surface area (Å²) in [7, 11) is -2.74. The van der Waals surface area contributed by atoms with E-state index in [0.29, 0.717) is 8.71 Å². The molecule has 0 aromatic heterocycles. The van der Waals surface area contributed by atoms with Gasteiger partial charge in [0.2, 0.25) is 0 Å². The molecule has 0 saturated heterocycles. The molecule has 0 N–H and O–H groups in total. The molecule has 1 atom stereocenters. The molecule has 0 spiro atoms. The molecule has 0 amide bonds. The van der Waals surface area contributed by atoms with Crippen molar-refractivity contribution in [3.05, 3.63) is 99.9 Å². The number of hydrogen-bond donors (Lipinski definition) is 0. The highest BCUT2D eigenvalue weighted by Gasteiger charge is 2.28. The summed E-state index contributed by atoms with van der Waals surface area (Å²) in [5.41, 5.74) is 3.71. The third-order valence-corrected chi connectivity index (χ3v) is 7.73. The molecule has 0 aliphatic carbocycles. The molecule has 0 bridgehead atoms. The van der Waals surface area contributed by atoms with Gasteiger partial charge in [0.1, 0.15) is 13.5 Å². The quantitative estimate of drug-likeness (QED) is 0.525. The Bertz CT molecular complexity index is 1050. The number of benzene rings is 3. The topological polar surface area (TPSA) is 29.4 Å². The van der Waals surface area contributed by atoms with Gasteiger partial charge in [0.15, 0.2) is 0 Å². The van der Waals surface area contributed by atoms with Crippen LogP contribution in [0.5, 0.6) is 0 Å². The van der Waals surface area contributed by atoms with Gasteiger partial charge in [0, 0.05) is 11.1 Å². The van der Waals surface area contributed by atoms with E-state index in [1.54, 1.807) is 0 Å². The second-order valence-corrected chi connectivity index (χ2v) is 8.89. The van der Waals surface area contributed by atoms with Gasteiger partial charge in [-0.15, -0.1) is 0 Å². The summed E-state index contributed by atoms with van der Waals surface area (Å²) in [6.07, 6.45) is 0. The van der Waals surface area contributed by atoms with E-state index >= 15 is 0 Å². The van der Waals surface area contributed by atoms with Crippen molar-refractivity contribution in [2.24, 2.45) is 4.36 Å². The molecule has 3 aromatic carbocycles. The minimum absolute atomic E-state index is 0.631. The molecule has 1 aliphatic rings. The van der Waals surface area contributed by atoms with Gasteiger partial charge in [-0.25, -0.2) is 4.21 Å². The monoisotopic (exact) mass is 395 g/mol. The number of fused-ring (bicyclic) bond motifs is 1. The van der Waals surface area contributed by atoms with Crippen LogP contribution in [0.15, 0.2) is 98.0 Å². The maximum absolute atomic E-state index is 13.8. The average Bonchev–Trinajstić information content (AvgIpc) is 2.64. The van der Waals surface area contributed by atoms with E-state index in [1.165, 1.54) is 0 Å². The van der Waals surface area contributed by atoms with Crippen molar-refractivity contribution < 1.29 is 4.21 Å². The normalized spacial score (nSPS) is 19.5. The molecule has 0 radical (unpaired) electrons. The predicted molar refractivity (Wildman–Crippen MR) is 103 cm³/mol. The van der Waals surface area contributed by atoms with Gasteiger partial charge in [-0.1, -0.05) is 66.7 Å². The molecule has 1 heterocycles. The first-order valence-electron chi connectivity index (χ1n) is 7.57. The van der Waals surface area contributed by atoms with E-state index in [2.05, 4.69) is 20.3 Å². The van der Waals surface area contributed by atoms with Crippen molar-refractivity contribution in [3.63, 3.8) is 0 Å². The lowest BCUT2D eigenvalue weighted by molar-refractivity contribution is 0.682. The SMILES string of the molecule is O=S1(c2ccccc2)=Nc2ccccc2C(c2ccccc2)=C1Br. The Kier molecular flexibility index (Phi) is 3.87. The fourth-order valence-corrected chi connectivity index (χ4v) is 5.90. The summed E-state index contributed by atoms with van der Waals surface area (Å²) in [6, 6.07) is 27.3. The maximum atomic E-state index is 13.8. The summed E-state index contributed by atoms with van der Waals surface area (Å²) in [5, 5.41) is 0. The molecule has 4 heteroatoms. The molecule has 0 saturated carbocycles. The van der Waals surface area contributed by atoms with E-state index in [0.717, 1.165) is 22.4 Å². The third-order valence-electron chi connectivity index (χ3n) is 3.96. The summed E-state index contributed by atoms with van der Waals surface area (Å²) in [4.78, 5) is 0.708. The van der Waals surface area contributed by atoms with Crippen molar-refractivity contribution in [1.29, 1.82) is 0 Å². The van der Waals surface area contributed by atoms with Crippen LogP contribution >= 0.6 is 15.9 Å². The van der Waals surface area contributed by atoms with Gasteiger partial charge in [0.25, 0.3) is 0 Å². The summed E-state index contributed by atoms with van der Waals surface area (Å²) in [5.74, 6) is 0. The Morgan fingerprint density at radius 2 is 1.33 bits per heavy atom. The van der Waals surface area contributed by atoms with E-state index in [-0.39, 0.29) is 0 Å². The first-order chi connectivity index (χ1) is 11.7. The highest BCUT2D eigenvalue weighted by molar-refractivity contribution is 9.13. The van der Waals surface area contributed by atoms with E-state index < -0.39 is 9.73 Å². The zero-order chi connectivity index (χ0) is 16.6. The van der Waals surface area contributed by atoms with E-state index in [9.17, 15) is 4.21 Å². The molecule has 118 valence electrons. The highest BCUT2D eigenvalue weighted by Crippen LogP contribution is 2.45. The molecule has 2 nitrogen and oxygen atoms in total. The zero-order valence-electron chi connectivity index (χ0n) is 12.7. The third kappa shape index (κ3) is 2.43. The van der Waals surface area contributed by atoms with Crippen LogP contribution in [0.1, 0.15) is 11.1 Å².